The lowest BCUT2D eigenvalue weighted by Crippen LogP contribution is -2.42. The van der Waals surface area contributed by atoms with Crippen LogP contribution < -0.4 is 10.6 Å². The zero-order chi connectivity index (χ0) is 22.0. The molecule has 2 aliphatic rings. The summed E-state index contributed by atoms with van der Waals surface area (Å²) in [5.74, 6) is 1.39. The van der Waals surface area contributed by atoms with E-state index in [9.17, 15) is 14.4 Å². The van der Waals surface area contributed by atoms with Crippen LogP contribution in [0.25, 0.3) is 0 Å². The van der Waals surface area contributed by atoms with Gasteiger partial charge in [0.15, 0.2) is 0 Å². The average molecular weight is 424 g/mol. The monoisotopic (exact) mass is 423 g/mol. The molecule has 0 aromatic rings. The Morgan fingerprint density at radius 3 is 2.20 bits per heavy atom. The molecule has 7 nitrogen and oxygen atoms in total. The summed E-state index contributed by atoms with van der Waals surface area (Å²) >= 11 is 0. The zero-order valence-electron chi connectivity index (χ0n) is 19.1. The van der Waals surface area contributed by atoms with Gasteiger partial charge in [-0.3, -0.25) is 9.59 Å². The van der Waals surface area contributed by atoms with E-state index in [4.69, 9.17) is 4.74 Å². The SMILES string of the molecule is CC(C)(C)OC(=O)NCCC(=O)NCC1CCN(C(=O)CCC2CCCCC2)CC1. The maximum Gasteiger partial charge on any atom is 0.407 e. The largest absolute Gasteiger partial charge is 0.444 e. The van der Waals surface area contributed by atoms with Crippen LogP contribution in [0, 0.1) is 11.8 Å². The minimum Gasteiger partial charge on any atom is -0.444 e. The standard InChI is InChI=1S/C23H41N3O4/c1-23(2,3)30-22(29)24-14-11-20(27)25-17-19-12-15-26(16-13-19)21(28)10-9-18-7-5-4-6-8-18/h18-19H,4-17H2,1-3H3,(H,24,29)(H,25,27). The number of rotatable bonds is 8. The van der Waals surface area contributed by atoms with Crippen molar-refractivity contribution in [2.45, 2.75) is 90.6 Å². The second kappa shape index (κ2) is 12.2. The highest BCUT2D eigenvalue weighted by atomic mass is 16.6. The molecule has 0 aromatic heterocycles. The second-order valence-electron chi connectivity index (χ2n) is 9.85. The molecular weight excluding hydrogens is 382 g/mol. The summed E-state index contributed by atoms with van der Waals surface area (Å²) in [6.45, 7) is 7.89. The van der Waals surface area contributed by atoms with Gasteiger partial charge in [-0.2, -0.15) is 0 Å². The van der Waals surface area contributed by atoms with Crippen molar-refractivity contribution in [3.05, 3.63) is 0 Å². The van der Waals surface area contributed by atoms with E-state index in [1.165, 1.54) is 32.1 Å². The topological polar surface area (TPSA) is 87.7 Å². The number of alkyl carbamates (subject to hydrolysis) is 1. The van der Waals surface area contributed by atoms with Gasteiger partial charge in [0.25, 0.3) is 0 Å². The van der Waals surface area contributed by atoms with Crippen molar-refractivity contribution in [3.63, 3.8) is 0 Å². The maximum atomic E-state index is 12.5. The van der Waals surface area contributed by atoms with E-state index in [1.807, 2.05) is 4.90 Å². The average Bonchev–Trinajstić information content (AvgIpc) is 2.70. The molecule has 7 heteroatoms. The number of ether oxygens (including phenoxy) is 1. The molecule has 1 saturated heterocycles. The molecule has 0 radical (unpaired) electrons. The second-order valence-corrected chi connectivity index (χ2v) is 9.85. The number of likely N-dealkylation sites (tertiary alicyclic amines) is 1. The summed E-state index contributed by atoms with van der Waals surface area (Å²) in [5, 5.41) is 5.55. The molecule has 1 aliphatic heterocycles. The lowest BCUT2D eigenvalue weighted by molar-refractivity contribution is -0.133. The first kappa shape index (κ1) is 24.5. The van der Waals surface area contributed by atoms with E-state index < -0.39 is 11.7 Å². The number of carbonyl (C=O) groups excluding carboxylic acids is 3. The molecule has 2 N–H and O–H groups in total. The predicted molar refractivity (Wildman–Crippen MR) is 117 cm³/mol. The first-order valence-electron chi connectivity index (χ1n) is 11.7. The number of amides is 3. The molecule has 2 fully saturated rings. The van der Waals surface area contributed by atoms with Gasteiger partial charge in [0.05, 0.1) is 0 Å². The molecule has 0 bridgehead atoms. The summed E-state index contributed by atoms with van der Waals surface area (Å²) < 4.78 is 5.14. The van der Waals surface area contributed by atoms with E-state index in [1.54, 1.807) is 20.8 Å². The zero-order valence-corrected chi connectivity index (χ0v) is 19.1. The lowest BCUT2D eigenvalue weighted by atomic mass is 9.86. The number of carbonyl (C=O) groups is 3. The van der Waals surface area contributed by atoms with Gasteiger partial charge in [0.1, 0.15) is 5.60 Å². The first-order valence-corrected chi connectivity index (χ1v) is 11.7. The summed E-state index contributed by atoms with van der Waals surface area (Å²) in [7, 11) is 0. The number of nitrogens with zero attached hydrogens (tertiary/aromatic N) is 1. The van der Waals surface area contributed by atoms with E-state index in [0.717, 1.165) is 38.3 Å². The summed E-state index contributed by atoms with van der Waals surface area (Å²) in [6.07, 6.45) is 9.94. The fourth-order valence-electron chi connectivity index (χ4n) is 4.29. The Morgan fingerprint density at radius 2 is 1.57 bits per heavy atom. The van der Waals surface area contributed by atoms with Crippen LogP contribution in [0.3, 0.4) is 0 Å². The third-order valence-electron chi connectivity index (χ3n) is 6.07. The van der Waals surface area contributed by atoms with E-state index in [-0.39, 0.29) is 18.9 Å². The molecule has 1 aliphatic carbocycles. The van der Waals surface area contributed by atoms with Crippen LogP contribution in [-0.4, -0.2) is 54.6 Å². The highest BCUT2D eigenvalue weighted by Gasteiger charge is 2.24. The molecule has 30 heavy (non-hydrogen) atoms. The Morgan fingerprint density at radius 1 is 0.900 bits per heavy atom. The number of hydrogen-bond donors (Lipinski definition) is 2. The van der Waals surface area contributed by atoms with Crippen molar-refractivity contribution in [1.29, 1.82) is 0 Å². The molecule has 3 amide bonds. The fourth-order valence-corrected chi connectivity index (χ4v) is 4.29. The van der Waals surface area contributed by atoms with Crippen LogP contribution in [0.5, 0.6) is 0 Å². The van der Waals surface area contributed by atoms with Crippen molar-refractivity contribution < 1.29 is 19.1 Å². The smallest absolute Gasteiger partial charge is 0.407 e. The first-order chi connectivity index (χ1) is 14.2. The minimum atomic E-state index is -0.543. The van der Waals surface area contributed by atoms with Gasteiger partial charge in [-0.05, 0) is 51.9 Å². The van der Waals surface area contributed by atoms with E-state index in [2.05, 4.69) is 10.6 Å². The van der Waals surface area contributed by atoms with Gasteiger partial charge in [-0.15, -0.1) is 0 Å². The highest BCUT2D eigenvalue weighted by molar-refractivity contribution is 5.77. The van der Waals surface area contributed by atoms with Crippen molar-refractivity contribution in [3.8, 4) is 0 Å². The molecule has 1 saturated carbocycles. The minimum absolute atomic E-state index is 0.0722. The van der Waals surface area contributed by atoms with Gasteiger partial charge in [-0.25, -0.2) is 4.79 Å². The van der Waals surface area contributed by atoms with Gasteiger partial charge in [0.2, 0.25) is 11.8 Å². The molecule has 0 atom stereocenters. The van der Waals surface area contributed by atoms with Crippen molar-refractivity contribution in [1.82, 2.24) is 15.5 Å². The Hall–Kier alpha value is -1.79. The van der Waals surface area contributed by atoms with Crippen LogP contribution in [0.15, 0.2) is 0 Å². The third kappa shape index (κ3) is 9.81. The Bertz CT molecular complexity index is 559. The van der Waals surface area contributed by atoms with Crippen molar-refractivity contribution >= 4 is 17.9 Å². The molecule has 1 heterocycles. The van der Waals surface area contributed by atoms with Crippen LogP contribution in [-0.2, 0) is 14.3 Å². The van der Waals surface area contributed by atoms with Crippen LogP contribution in [0.4, 0.5) is 4.79 Å². The molecule has 2 rings (SSSR count). The lowest BCUT2D eigenvalue weighted by Gasteiger charge is -2.32. The maximum absolute atomic E-state index is 12.5. The normalized spacial score (nSPS) is 18.7. The Labute approximate surface area is 181 Å². The molecule has 0 unspecified atom stereocenters. The van der Waals surface area contributed by atoms with Crippen LogP contribution >= 0.6 is 0 Å². The Balaban J connectivity index is 1.53. The van der Waals surface area contributed by atoms with Gasteiger partial charge >= 0.3 is 6.09 Å². The summed E-state index contributed by atoms with van der Waals surface area (Å²) in [6, 6.07) is 0. The number of nitrogens with one attached hydrogen (secondary N) is 2. The number of hydrogen-bond acceptors (Lipinski definition) is 4. The highest BCUT2D eigenvalue weighted by Crippen LogP contribution is 2.28. The molecule has 0 aromatic carbocycles. The van der Waals surface area contributed by atoms with Gasteiger partial charge < -0.3 is 20.3 Å². The molecule has 172 valence electrons. The molecule has 0 spiro atoms. The fraction of sp³-hybridized carbons (Fsp3) is 0.870. The molecular formula is C23H41N3O4. The third-order valence-corrected chi connectivity index (χ3v) is 6.07. The Kier molecular flexibility index (Phi) is 9.92. The van der Waals surface area contributed by atoms with Crippen molar-refractivity contribution in [2.24, 2.45) is 11.8 Å². The van der Waals surface area contributed by atoms with Crippen LogP contribution in [0.1, 0.15) is 85.0 Å². The number of piperidine rings is 1. The van der Waals surface area contributed by atoms with Gasteiger partial charge in [0, 0.05) is 39.0 Å². The van der Waals surface area contributed by atoms with Gasteiger partial charge in [-0.1, -0.05) is 32.1 Å². The summed E-state index contributed by atoms with van der Waals surface area (Å²) in [4.78, 5) is 38.1. The summed E-state index contributed by atoms with van der Waals surface area (Å²) in [5.41, 5.74) is -0.543. The van der Waals surface area contributed by atoms with Crippen LogP contribution in [0.2, 0.25) is 0 Å². The predicted octanol–water partition coefficient (Wildman–Crippen LogP) is 3.62. The van der Waals surface area contributed by atoms with Crippen molar-refractivity contribution in [2.75, 3.05) is 26.2 Å². The van der Waals surface area contributed by atoms with E-state index in [0.29, 0.717) is 24.8 Å². The van der Waals surface area contributed by atoms with E-state index >= 15 is 0 Å². The quantitative estimate of drug-likeness (QED) is 0.624.